The van der Waals surface area contributed by atoms with E-state index in [9.17, 15) is 15.0 Å². The quantitative estimate of drug-likeness (QED) is 0.417. The summed E-state index contributed by atoms with van der Waals surface area (Å²) in [6.07, 6.45) is 19.2. The van der Waals surface area contributed by atoms with Crippen LogP contribution in [-0.2, 0) is 4.79 Å². The molecule has 0 aliphatic heterocycles. The molecule has 2 fully saturated rings. The Hall–Kier alpha value is -1.13. The lowest BCUT2D eigenvalue weighted by atomic mass is 9.88. The van der Waals surface area contributed by atoms with Crippen molar-refractivity contribution in [1.82, 2.24) is 0 Å². The van der Waals surface area contributed by atoms with Gasteiger partial charge in [0.05, 0.1) is 12.2 Å². The van der Waals surface area contributed by atoms with E-state index in [4.69, 9.17) is 5.11 Å². The molecule has 2 aliphatic rings. The number of carboxylic acid groups (broad SMARTS) is 1. The highest BCUT2D eigenvalue weighted by Gasteiger charge is 2.32. The molecule has 26 heavy (non-hydrogen) atoms. The number of aliphatic hydroxyl groups excluding tert-OH is 2. The number of hydrogen-bond donors (Lipinski definition) is 3. The third-order valence-corrected chi connectivity index (χ3v) is 6.14. The fraction of sp³-hybridized carbons (Fsp3) is 0.773. The topological polar surface area (TPSA) is 77.8 Å². The number of allylic oxidation sites excluding steroid dienone is 3. The molecule has 2 aliphatic carbocycles. The van der Waals surface area contributed by atoms with E-state index in [0.29, 0.717) is 18.3 Å². The van der Waals surface area contributed by atoms with Gasteiger partial charge in [-0.15, -0.1) is 0 Å². The van der Waals surface area contributed by atoms with Crippen LogP contribution in [0.4, 0.5) is 0 Å². The first-order valence-corrected chi connectivity index (χ1v) is 10.5. The van der Waals surface area contributed by atoms with Crippen LogP contribution in [0.15, 0.2) is 24.3 Å². The van der Waals surface area contributed by atoms with Gasteiger partial charge >= 0.3 is 5.97 Å². The summed E-state index contributed by atoms with van der Waals surface area (Å²) in [4.78, 5) is 10.5. The molecule has 2 saturated carbocycles. The Morgan fingerprint density at radius 3 is 2.38 bits per heavy atom. The van der Waals surface area contributed by atoms with Crippen LogP contribution < -0.4 is 0 Å². The summed E-state index contributed by atoms with van der Waals surface area (Å²) < 4.78 is 0. The van der Waals surface area contributed by atoms with Crippen LogP contribution in [0.5, 0.6) is 0 Å². The predicted octanol–water partition coefficient (Wildman–Crippen LogP) is 4.46. The number of hydrogen-bond acceptors (Lipinski definition) is 3. The smallest absolute Gasteiger partial charge is 0.303 e. The molecule has 0 aromatic rings. The molecule has 1 unspecified atom stereocenters. The molecule has 0 radical (unpaired) electrons. The number of rotatable bonds is 9. The number of aliphatic carboxylic acids is 1. The Bertz CT molecular complexity index is 463. The first kappa shape index (κ1) is 21.2. The molecule has 2 rings (SSSR count). The lowest BCUT2D eigenvalue weighted by molar-refractivity contribution is -0.136. The lowest BCUT2D eigenvalue weighted by Gasteiger charge is -2.21. The SMILES string of the molecule is O=C(O)CCC=CCC[C@H]1[C@H](O)CC[C@H]1C=CC(O)C1CCCCCC1. The van der Waals surface area contributed by atoms with Crippen LogP contribution in [0.25, 0.3) is 0 Å². The van der Waals surface area contributed by atoms with Gasteiger partial charge < -0.3 is 15.3 Å². The highest BCUT2D eigenvalue weighted by Crippen LogP contribution is 2.37. The number of carbonyl (C=O) groups is 1. The summed E-state index contributed by atoms with van der Waals surface area (Å²) in [5, 5.41) is 29.4. The second-order valence-corrected chi connectivity index (χ2v) is 8.08. The molecule has 148 valence electrons. The second-order valence-electron chi connectivity index (χ2n) is 8.08. The third-order valence-electron chi connectivity index (χ3n) is 6.14. The third kappa shape index (κ3) is 7.24. The first-order chi connectivity index (χ1) is 12.6. The summed E-state index contributed by atoms with van der Waals surface area (Å²) in [7, 11) is 0. The van der Waals surface area contributed by atoms with Crippen LogP contribution in [0.3, 0.4) is 0 Å². The van der Waals surface area contributed by atoms with Crippen molar-refractivity contribution < 1.29 is 20.1 Å². The Balaban J connectivity index is 1.78. The van der Waals surface area contributed by atoms with Gasteiger partial charge in [-0.25, -0.2) is 0 Å². The molecule has 3 N–H and O–H groups in total. The van der Waals surface area contributed by atoms with E-state index >= 15 is 0 Å². The molecule has 0 spiro atoms. The molecule has 0 aromatic carbocycles. The summed E-state index contributed by atoms with van der Waals surface area (Å²) in [6, 6.07) is 0. The van der Waals surface area contributed by atoms with Crippen molar-refractivity contribution in [2.45, 2.75) is 89.3 Å². The van der Waals surface area contributed by atoms with Gasteiger partial charge in [0, 0.05) is 6.42 Å². The van der Waals surface area contributed by atoms with Gasteiger partial charge in [0.2, 0.25) is 0 Å². The summed E-state index contributed by atoms with van der Waals surface area (Å²) >= 11 is 0. The number of aliphatic hydroxyl groups is 2. The van der Waals surface area contributed by atoms with E-state index in [1.807, 2.05) is 18.2 Å². The van der Waals surface area contributed by atoms with Crippen molar-refractivity contribution >= 4 is 5.97 Å². The van der Waals surface area contributed by atoms with Crippen molar-refractivity contribution in [3.63, 3.8) is 0 Å². The van der Waals surface area contributed by atoms with Gasteiger partial charge in [-0.2, -0.15) is 0 Å². The van der Waals surface area contributed by atoms with E-state index in [0.717, 1.165) is 38.5 Å². The zero-order chi connectivity index (χ0) is 18.8. The van der Waals surface area contributed by atoms with Crippen molar-refractivity contribution in [2.75, 3.05) is 0 Å². The molecule has 0 aromatic heterocycles. The summed E-state index contributed by atoms with van der Waals surface area (Å²) in [6.45, 7) is 0. The zero-order valence-corrected chi connectivity index (χ0v) is 15.9. The highest BCUT2D eigenvalue weighted by atomic mass is 16.4. The standard InChI is InChI=1S/C22H36O4/c23-20(18-9-5-1-2-6-10-18)15-13-17-14-16-21(24)19(17)11-7-3-4-8-12-22(25)26/h3-4,13,15,17-21,23-24H,1-2,5-12,14,16H2,(H,25,26)/t17-,19-,20?,21-/m1/s1. The normalized spacial score (nSPS) is 29.4. The minimum Gasteiger partial charge on any atom is -0.481 e. The molecule has 4 heteroatoms. The van der Waals surface area contributed by atoms with E-state index < -0.39 is 5.97 Å². The largest absolute Gasteiger partial charge is 0.481 e. The minimum atomic E-state index is -0.765. The van der Waals surface area contributed by atoms with Gasteiger partial charge in [0.15, 0.2) is 0 Å². The van der Waals surface area contributed by atoms with Gasteiger partial charge in [-0.05, 0) is 62.7 Å². The fourth-order valence-corrected chi connectivity index (χ4v) is 4.52. The average Bonchev–Trinajstić information content (AvgIpc) is 2.81. The van der Waals surface area contributed by atoms with Crippen LogP contribution >= 0.6 is 0 Å². The minimum absolute atomic E-state index is 0.174. The number of carboxylic acids is 1. The molecule has 4 nitrogen and oxygen atoms in total. The van der Waals surface area contributed by atoms with E-state index in [2.05, 4.69) is 6.08 Å². The molecular weight excluding hydrogens is 328 g/mol. The van der Waals surface area contributed by atoms with Gasteiger partial charge in [0.1, 0.15) is 0 Å². The second kappa shape index (κ2) is 11.6. The summed E-state index contributed by atoms with van der Waals surface area (Å²) in [5.41, 5.74) is 0. The molecular formula is C22H36O4. The Kier molecular flexibility index (Phi) is 9.41. The van der Waals surface area contributed by atoms with Crippen LogP contribution in [0, 0.1) is 17.8 Å². The molecule has 0 amide bonds. The highest BCUT2D eigenvalue weighted by molar-refractivity contribution is 5.66. The Morgan fingerprint density at radius 1 is 1.00 bits per heavy atom. The van der Waals surface area contributed by atoms with Gasteiger partial charge in [0.25, 0.3) is 0 Å². The van der Waals surface area contributed by atoms with Crippen LogP contribution in [0.1, 0.15) is 77.0 Å². The van der Waals surface area contributed by atoms with Crippen molar-refractivity contribution in [3.05, 3.63) is 24.3 Å². The molecule has 0 heterocycles. The van der Waals surface area contributed by atoms with Crippen LogP contribution in [0.2, 0.25) is 0 Å². The Morgan fingerprint density at radius 2 is 1.69 bits per heavy atom. The average molecular weight is 365 g/mol. The first-order valence-electron chi connectivity index (χ1n) is 10.5. The van der Waals surface area contributed by atoms with Gasteiger partial charge in [-0.3, -0.25) is 4.79 Å². The van der Waals surface area contributed by atoms with E-state index in [-0.39, 0.29) is 24.5 Å². The molecule has 0 bridgehead atoms. The summed E-state index contributed by atoms with van der Waals surface area (Å²) in [5.74, 6) is 0.226. The van der Waals surface area contributed by atoms with Crippen molar-refractivity contribution in [1.29, 1.82) is 0 Å². The predicted molar refractivity (Wildman–Crippen MR) is 104 cm³/mol. The monoisotopic (exact) mass is 364 g/mol. The molecule has 0 saturated heterocycles. The Labute approximate surface area is 158 Å². The fourth-order valence-electron chi connectivity index (χ4n) is 4.52. The van der Waals surface area contributed by atoms with E-state index in [1.165, 1.54) is 25.7 Å². The lowest BCUT2D eigenvalue weighted by Crippen LogP contribution is -2.20. The van der Waals surface area contributed by atoms with Gasteiger partial charge in [-0.1, -0.05) is 50.0 Å². The maximum absolute atomic E-state index is 10.5. The zero-order valence-electron chi connectivity index (χ0n) is 15.9. The van der Waals surface area contributed by atoms with Crippen LogP contribution in [-0.4, -0.2) is 33.5 Å². The molecule has 4 atom stereocenters. The maximum Gasteiger partial charge on any atom is 0.303 e. The van der Waals surface area contributed by atoms with E-state index in [1.54, 1.807) is 0 Å². The maximum atomic E-state index is 10.5. The van der Waals surface area contributed by atoms with Crippen molar-refractivity contribution in [3.8, 4) is 0 Å². The van der Waals surface area contributed by atoms with Crippen molar-refractivity contribution in [2.24, 2.45) is 17.8 Å².